The highest BCUT2D eigenvalue weighted by molar-refractivity contribution is 6.23. The second-order valence-corrected chi connectivity index (χ2v) is 7.93. The largest absolute Gasteiger partial charge is 0.457 e. The first kappa shape index (κ1) is 23.8. The minimum absolute atomic E-state index is 0.0336. The smallest absolute Gasteiger partial charge is 0.306 e. The van der Waals surface area contributed by atoms with Gasteiger partial charge in [-0.1, -0.05) is 30.2 Å². The van der Waals surface area contributed by atoms with E-state index in [1.165, 1.54) is 18.2 Å². The second kappa shape index (κ2) is 10.2. The van der Waals surface area contributed by atoms with Crippen molar-refractivity contribution < 1.29 is 28.8 Å². The lowest BCUT2D eigenvalue weighted by atomic mass is 10.0. The molecule has 0 saturated carbocycles. The molecule has 2 aromatic carbocycles. The average Bonchev–Trinajstić information content (AvgIpc) is 3.03. The lowest BCUT2D eigenvalue weighted by Crippen LogP contribution is -2.30. The zero-order valence-electron chi connectivity index (χ0n) is 18.5. The Hall–Kier alpha value is -3.88. The molecule has 0 radical (unpaired) electrons. The molecule has 2 amide bonds. The fourth-order valence-electron chi connectivity index (χ4n) is 3.72. The van der Waals surface area contributed by atoms with Gasteiger partial charge in [0, 0.05) is 24.6 Å². The molecule has 0 aromatic heterocycles. The summed E-state index contributed by atoms with van der Waals surface area (Å²) in [5, 5.41) is 11.1. The highest BCUT2D eigenvalue weighted by Gasteiger charge is 2.40. The Balaban J connectivity index is 1.41. The highest BCUT2D eigenvalue weighted by Crippen LogP contribution is 2.30. The van der Waals surface area contributed by atoms with Gasteiger partial charge in [0.15, 0.2) is 6.61 Å². The maximum atomic E-state index is 12.5. The first-order valence-corrected chi connectivity index (χ1v) is 10.6. The summed E-state index contributed by atoms with van der Waals surface area (Å²) in [6.07, 6.45) is 1.54. The minimum atomic E-state index is -0.676. The molecule has 1 aliphatic heterocycles. The Bertz CT molecular complexity index is 1140. The van der Waals surface area contributed by atoms with Crippen LogP contribution in [-0.2, 0) is 9.53 Å². The Morgan fingerprint density at radius 2 is 1.79 bits per heavy atom. The van der Waals surface area contributed by atoms with E-state index >= 15 is 0 Å². The fourth-order valence-corrected chi connectivity index (χ4v) is 3.72. The van der Waals surface area contributed by atoms with Crippen LogP contribution in [-0.4, -0.2) is 46.5 Å². The first-order valence-electron chi connectivity index (χ1n) is 10.6. The molecule has 1 heterocycles. The van der Waals surface area contributed by atoms with Gasteiger partial charge in [0.2, 0.25) is 5.78 Å². The summed E-state index contributed by atoms with van der Waals surface area (Å²) in [6, 6.07) is 9.49. The van der Waals surface area contributed by atoms with Crippen molar-refractivity contribution in [3.8, 4) is 0 Å². The van der Waals surface area contributed by atoms with E-state index in [-0.39, 0.29) is 42.2 Å². The van der Waals surface area contributed by atoms with Gasteiger partial charge < -0.3 is 4.74 Å². The number of unbranched alkanes of at least 4 members (excludes halogenated alkanes) is 2. The molecule has 0 unspecified atom stereocenters. The Morgan fingerprint density at radius 1 is 1.03 bits per heavy atom. The molecule has 0 saturated heterocycles. The van der Waals surface area contributed by atoms with Crippen molar-refractivity contribution in [2.75, 3.05) is 13.2 Å². The van der Waals surface area contributed by atoms with Crippen LogP contribution in [0.4, 0.5) is 5.69 Å². The highest BCUT2D eigenvalue weighted by atomic mass is 16.6. The summed E-state index contributed by atoms with van der Waals surface area (Å²) >= 11 is 0. The average molecular weight is 452 g/mol. The number of nitro groups is 1. The normalized spacial score (nSPS) is 12.6. The van der Waals surface area contributed by atoms with Crippen molar-refractivity contribution >= 4 is 29.3 Å². The number of amides is 2. The molecule has 9 nitrogen and oxygen atoms in total. The summed E-state index contributed by atoms with van der Waals surface area (Å²) in [7, 11) is 0. The number of ether oxygens (including phenoxy) is 1. The lowest BCUT2D eigenvalue weighted by molar-refractivity contribution is -0.385. The maximum Gasteiger partial charge on any atom is 0.306 e. The number of imide groups is 1. The van der Waals surface area contributed by atoms with Gasteiger partial charge in [0.25, 0.3) is 17.5 Å². The lowest BCUT2D eigenvalue weighted by Gasteiger charge is -2.13. The number of carbonyl (C=O) groups is 4. The molecule has 2 aromatic rings. The van der Waals surface area contributed by atoms with Crippen LogP contribution in [0.2, 0.25) is 0 Å². The Kier molecular flexibility index (Phi) is 7.32. The van der Waals surface area contributed by atoms with Crippen LogP contribution in [0.25, 0.3) is 0 Å². The number of benzene rings is 2. The van der Waals surface area contributed by atoms with Gasteiger partial charge in [0.1, 0.15) is 5.56 Å². The topological polar surface area (TPSA) is 124 Å². The summed E-state index contributed by atoms with van der Waals surface area (Å²) in [6.45, 7) is 3.48. The first-order chi connectivity index (χ1) is 15.7. The number of nitrogens with zero attached hydrogens (tertiary/aromatic N) is 2. The van der Waals surface area contributed by atoms with Crippen LogP contribution in [0.15, 0.2) is 36.4 Å². The predicted octanol–water partition coefficient (Wildman–Crippen LogP) is 3.79. The van der Waals surface area contributed by atoms with Crippen LogP contribution in [0.5, 0.6) is 0 Å². The van der Waals surface area contributed by atoms with Crippen molar-refractivity contribution in [2.24, 2.45) is 0 Å². The predicted molar refractivity (Wildman–Crippen MR) is 118 cm³/mol. The summed E-state index contributed by atoms with van der Waals surface area (Å²) in [5.41, 5.74) is 1.77. The van der Waals surface area contributed by atoms with Gasteiger partial charge in [-0.15, -0.1) is 0 Å². The fraction of sp³-hybridized carbons (Fsp3) is 0.333. The zero-order chi connectivity index (χ0) is 24.1. The number of Topliss-reactive ketones (excluding diaryl/α,β-unsaturated/α-hetero) is 1. The number of fused-ring (bicyclic) bond motifs is 1. The second-order valence-electron chi connectivity index (χ2n) is 7.93. The SMILES string of the molecule is Cc1ccc(C)c(C(=O)COC(=O)CCCCCN2C(=O)c3cccc([N+](=O)[O-])c3C2=O)c1. The van der Waals surface area contributed by atoms with E-state index in [0.29, 0.717) is 24.8 Å². The van der Waals surface area contributed by atoms with Crippen LogP contribution < -0.4 is 0 Å². The molecular weight excluding hydrogens is 428 g/mol. The molecule has 0 aliphatic carbocycles. The Labute approximate surface area is 190 Å². The van der Waals surface area contributed by atoms with Gasteiger partial charge >= 0.3 is 5.97 Å². The third kappa shape index (κ3) is 5.31. The molecule has 0 N–H and O–H groups in total. The maximum absolute atomic E-state index is 12.5. The summed E-state index contributed by atoms with van der Waals surface area (Å²) in [5.74, 6) is -1.98. The third-order valence-electron chi connectivity index (χ3n) is 5.49. The number of rotatable bonds is 10. The number of hydrogen-bond acceptors (Lipinski definition) is 7. The van der Waals surface area contributed by atoms with Gasteiger partial charge in [-0.3, -0.25) is 34.2 Å². The monoisotopic (exact) mass is 452 g/mol. The van der Waals surface area contributed by atoms with Crippen LogP contribution >= 0.6 is 0 Å². The van der Waals surface area contributed by atoms with Crippen molar-refractivity contribution in [1.29, 1.82) is 0 Å². The van der Waals surface area contributed by atoms with Gasteiger partial charge in [-0.2, -0.15) is 0 Å². The number of esters is 1. The quantitative estimate of drug-likeness (QED) is 0.134. The molecule has 0 atom stereocenters. The molecule has 172 valence electrons. The van der Waals surface area contributed by atoms with Gasteiger partial charge in [0.05, 0.1) is 10.5 Å². The van der Waals surface area contributed by atoms with E-state index in [2.05, 4.69) is 0 Å². The third-order valence-corrected chi connectivity index (χ3v) is 5.49. The van der Waals surface area contributed by atoms with Crippen LogP contribution in [0.3, 0.4) is 0 Å². The van der Waals surface area contributed by atoms with Gasteiger partial charge in [-0.05, 0) is 44.4 Å². The van der Waals surface area contributed by atoms with Crippen LogP contribution in [0.1, 0.15) is 67.9 Å². The van der Waals surface area contributed by atoms with E-state index in [1.54, 1.807) is 6.07 Å². The number of ketones is 1. The van der Waals surface area contributed by atoms with Gasteiger partial charge in [-0.25, -0.2) is 0 Å². The minimum Gasteiger partial charge on any atom is -0.457 e. The molecular formula is C24H24N2O7. The standard InChI is InChI=1S/C24H24N2O7/c1-15-10-11-16(2)18(13-15)20(27)14-33-21(28)9-4-3-5-12-25-23(29)17-7-6-8-19(26(31)32)22(17)24(25)30/h6-8,10-11,13H,3-5,9,12,14H2,1-2H3. The van der Waals surface area contributed by atoms with E-state index in [1.807, 2.05) is 26.0 Å². The summed E-state index contributed by atoms with van der Waals surface area (Å²) in [4.78, 5) is 60.6. The summed E-state index contributed by atoms with van der Waals surface area (Å²) < 4.78 is 5.07. The zero-order valence-corrected chi connectivity index (χ0v) is 18.5. The molecule has 1 aliphatic rings. The van der Waals surface area contributed by atoms with Crippen molar-refractivity contribution in [3.05, 3.63) is 74.3 Å². The van der Waals surface area contributed by atoms with Crippen molar-refractivity contribution in [1.82, 2.24) is 4.90 Å². The molecule has 9 heteroatoms. The number of hydrogen-bond donors (Lipinski definition) is 0. The molecule has 0 bridgehead atoms. The van der Waals surface area contributed by atoms with Crippen LogP contribution in [0, 0.1) is 24.0 Å². The Morgan fingerprint density at radius 3 is 2.52 bits per heavy atom. The van der Waals surface area contributed by atoms with E-state index in [4.69, 9.17) is 4.74 Å². The van der Waals surface area contributed by atoms with E-state index < -0.39 is 22.7 Å². The number of aryl methyl sites for hydroxylation is 2. The number of nitro benzene ring substituents is 1. The molecule has 0 spiro atoms. The molecule has 0 fully saturated rings. The molecule has 3 rings (SSSR count). The van der Waals surface area contributed by atoms with Crippen molar-refractivity contribution in [3.63, 3.8) is 0 Å². The molecule has 33 heavy (non-hydrogen) atoms. The number of carbonyl (C=O) groups excluding carboxylic acids is 4. The van der Waals surface area contributed by atoms with E-state index in [9.17, 15) is 29.3 Å². The van der Waals surface area contributed by atoms with Crippen molar-refractivity contribution in [2.45, 2.75) is 39.5 Å². The van der Waals surface area contributed by atoms with E-state index in [0.717, 1.165) is 16.0 Å².